The van der Waals surface area contributed by atoms with Gasteiger partial charge in [0.25, 0.3) is 10.1 Å². The van der Waals surface area contributed by atoms with Gasteiger partial charge in [-0.2, -0.15) is 16.8 Å². The third kappa shape index (κ3) is 3.72. The summed E-state index contributed by atoms with van der Waals surface area (Å²) in [5.74, 6) is -0.542. The van der Waals surface area contributed by atoms with E-state index in [0.717, 1.165) is 18.2 Å². The van der Waals surface area contributed by atoms with Crippen LogP contribution in [0.25, 0.3) is 0 Å². The summed E-state index contributed by atoms with van der Waals surface area (Å²) in [5.41, 5.74) is 0. The summed E-state index contributed by atoms with van der Waals surface area (Å²) >= 11 is 0. The van der Waals surface area contributed by atoms with Gasteiger partial charge in [-0.25, -0.2) is 0 Å². The first-order valence-electron chi connectivity index (χ1n) is 5.49. The Labute approximate surface area is 121 Å². The molecule has 0 aliphatic carbocycles. The lowest BCUT2D eigenvalue weighted by Crippen LogP contribution is -2.10. The van der Waals surface area contributed by atoms with Crippen molar-refractivity contribution in [1.82, 2.24) is 0 Å². The van der Waals surface area contributed by atoms with Crippen LogP contribution in [0.3, 0.4) is 0 Å². The van der Waals surface area contributed by atoms with Crippen LogP contribution in [0.4, 0.5) is 0 Å². The van der Waals surface area contributed by atoms with Crippen molar-refractivity contribution < 1.29 is 30.7 Å². The summed E-state index contributed by atoms with van der Waals surface area (Å²) in [7, 11) is -8.70. The van der Waals surface area contributed by atoms with Crippen LogP contribution in [-0.4, -0.2) is 26.5 Å². The molecule has 2 N–H and O–H groups in total. The molecule has 9 heteroatoms. The Hall–Kier alpha value is -2.10. The van der Waals surface area contributed by atoms with E-state index in [9.17, 15) is 21.9 Å². The first kappa shape index (κ1) is 15.3. The topological polar surface area (TPSA) is 118 Å². The van der Waals surface area contributed by atoms with Crippen molar-refractivity contribution in [2.75, 3.05) is 0 Å². The van der Waals surface area contributed by atoms with Gasteiger partial charge in [-0.3, -0.25) is 4.55 Å². The van der Waals surface area contributed by atoms with Crippen LogP contribution in [0.1, 0.15) is 0 Å². The highest BCUT2D eigenvalue weighted by Crippen LogP contribution is 2.23. The molecule has 0 atom stereocenters. The molecule has 7 nitrogen and oxygen atoms in total. The Morgan fingerprint density at radius 2 is 1.48 bits per heavy atom. The fourth-order valence-electron chi connectivity index (χ4n) is 1.50. The van der Waals surface area contributed by atoms with Crippen LogP contribution in [-0.2, 0) is 20.2 Å². The van der Waals surface area contributed by atoms with E-state index in [1.165, 1.54) is 30.3 Å². The van der Waals surface area contributed by atoms with Crippen LogP contribution in [0, 0.1) is 0 Å². The third-order valence-electron chi connectivity index (χ3n) is 2.42. The molecule has 0 radical (unpaired) electrons. The summed E-state index contributed by atoms with van der Waals surface area (Å²) in [6.07, 6.45) is 0. The third-order valence-corrected chi connectivity index (χ3v) is 4.51. The summed E-state index contributed by atoms with van der Waals surface area (Å²) < 4.78 is 59.6. The molecule has 0 aromatic heterocycles. The lowest BCUT2D eigenvalue weighted by atomic mass is 10.3. The van der Waals surface area contributed by atoms with Gasteiger partial charge in [0.15, 0.2) is 0 Å². The predicted molar refractivity (Wildman–Crippen MR) is 72.2 cm³/mol. The van der Waals surface area contributed by atoms with Crippen LogP contribution in [0.5, 0.6) is 11.5 Å². The highest BCUT2D eigenvalue weighted by atomic mass is 32.2. The van der Waals surface area contributed by atoms with Crippen molar-refractivity contribution in [1.29, 1.82) is 0 Å². The number of benzene rings is 2. The van der Waals surface area contributed by atoms with Gasteiger partial charge >= 0.3 is 10.1 Å². The van der Waals surface area contributed by atoms with Crippen molar-refractivity contribution in [3.05, 3.63) is 48.5 Å². The van der Waals surface area contributed by atoms with E-state index in [-0.39, 0.29) is 16.4 Å². The Morgan fingerprint density at radius 3 is 2.10 bits per heavy atom. The van der Waals surface area contributed by atoms with Gasteiger partial charge in [0, 0.05) is 12.1 Å². The van der Waals surface area contributed by atoms with Crippen molar-refractivity contribution in [3.8, 4) is 11.5 Å². The fourth-order valence-corrected chi connectivity index (χ4v) is 2.98. The van der Waals surface area contributed by atoms with Crippen molar-refractivity contribution >= 4 is 20.2 Å². The maximum absolute atomic E-state index is 12.0. The average Bonchev–Trinajstić information content (AvgIpc) is 2.37. The van der Waals surface area contributed by atoms with Crippen molar-refractivity contribution in [2.45, 2.75) is 9.79 Å². The normalized spacial score (nSPS) is 12.0. The SMILES string of the molecule is O=S(=O)(O)c1cccc(OS(=O)(=O)c2cccc(O)c2)c1. The second-order valence-electron chi connectivity index (χ2n) is 3.98. The number of rotatable bonds is 4. The van der Waals surface area contributed by atoms with Crippen molar-refractivity contribution in [3.63, 3.8) is 0 Å². The van der Waals surface area contributed by atoms with Gasteiger partial charge in [-0.05, 0) is 24.3 Å². The molecule has 0 heterocycles. The first-order valence-corrected chi connectivity index (χ1v) is 8.34. The molecule has 0 unspecified atom stereocenters. The lowest BCUT2D eigenvalue weighted by Gasteiger charge is -2.08. The number of phenols is 1. The molecule has 0 spiro atoms. The zero-order valence-electron chi connectivity index (χ0n) is 10.4. The summed E-state index contributed by atoms with van der Waals surface area (Å²) in [4.78, 5) is -0.786. The lowest BCUT2D eigenvalue weighted by molar-refractivity contribution is 0.466. The molecule has 0 aliphatic rings. The van der Waals surface area contributed by atoms with E-state index in [0.29, 0.717) is 0 Å². The van der Waals surface area contributed by atoms with Gasteiger partial charge in [0.05, 0.1) is 4.90 Å². The Balaban J connectivity index is 2.38. The van der Waals surface area contributed by atoms with Gasteiger partial charge in [0.2, 0.25) is 0 Å². The quantitative estimate of drug-likeness (QED) is 0.642. The largest absolute Gasteiger partial charge is 0.508 e. The molecule has 21 heavy (non-hydrogen) atoms. The Bertz CT molecular complexity index is 870. The molecule has 0 saturated carbocycles. The molecule has 112 valence electrons. The molecular weight excluding hydrogens is 320 g/mol. The number of aromatic hydroxyl groups is 1. The monoisotopic (exact) mass is 330 g/mol. The summed E-state index contributed by atoms with van der Waals surface area (Å²) in [6, 6.07) is 9.20. The van der Waals surface area contributed by atoms with E-state index in [1.807, 2.05) is 0 Å². The van der Waals surface area contributed by atoms with E-state index >= 15 is 0 Å². The second kappa shape index (κ2) is 5.35. The minimum atomic E-state index is -4.47. The summed E-state index contributed by atoms with van der Waals surface area (Å²) in [6.45, 7) is 0. The minimum Gasteiger partial charge on any atom is -0.508 e. The van der Waals surface area contributed by atoms with Crippen LogP contribution >= 0.6 is 0 Å². The molecule has 0 saturated heterocycles. The number of hydrogen-bond donors (Lipinski definition) is 2. The highest BCUT2D eigenvalue weighted by molar-refractivity contribution is 7.87. The molecule has 2 rings (SSSR count). The zero-order valence-corrected chi connectivity index (χ0v) is 12.0. The average molecular weight is 330 g/mol. The van der Waals surface area contributed by atoms with E-state index in [4.69, 9.17) is 8.74 Å². The van der Waals surface area contributed by atoms with E-state index < -0.39 is 25.1 Å². The maximum Gasteiger partial charge on any atom is 0.339 e. The van der Waals surface area contributed by atoms with Crippen LogP contribution in [0.2, 0.25) is 0 Å². The Kier molecular flexibility index (Phi) is 3.90. The van der Waals surface area contributed by atoms with E-state index in [1.54, 1.807) is 0 Å². The Morgan fingerprint density at radius 1 is 0.857 bits per heavy atom. The number of hydrogen-bond acceptors (Lipinski definition) is 6. The smallest absolute Gasteiger partial charge is 0.339 e. The van der Waals surface area contributed by atoms with Gasteiger partial charge < -0.3 is 9.29 Å². The van der Waals surface area contributed by atoms with Crippen molar-refractivity contribution in [2.24, 2.45) is 0 Å². The number of phenolic OH excluding ortho intramolecular Hbond substituents is 1. The molecule has 0 aliphatic heterocycles. The predicted octanol–water partition coefficient (Wildman–Crippen LogP) is 1.41. The van der Waals surface area contributed by atoms with Gasteiger partial charge in [0.1, 0.15) is 16.4 Å². The molecule has 0 bridgehead atoms. The molecular formula is C12H10O7S2. The zero-order chi connectivity index (χ0) is 15.7. The standard InChI is InChI=1S/C12H10O7S2/c13-9-3-1-6-12(7-9)21(17,18)19-10-4-2-5-11(8-10)20(14,15)16/h1-8,13H,(H,14,15,16). The fraction of sp³-hybridized carbons (Fsp3) is 0. The highest BCUT2D eigenvalue weighted by Gasteiger charge is 2.18. The van der Waals surface area contributed by atoms with Crippen LogP contribution < -0.4 is 4.18 Å². The molecule has 2 aromatic rings. The summed E-state index contributed by atoms with van der Waals surface area (Å²) in [5, 5.41) is 9.26. The molecule has 0 fully saturated rings. The second-order valence-corrected chi connectivity index (χ2v) is 6.95. The van der Waals surface area contributed by atoms with E-state index in [2.05, 4.69) is 0 Å². The maximum atomic E-state index is 12.0. The van der Waals surface area contributed by atoms with Crippen LogP contribution in [0.15, 0.2) is 58.3 Å². The molecule has 2 aromatic carbocycles. The van der Waals surface area contributed by atoms with Gasteiger partial charge in [-0.15, -0.1) is 0 Å². The minimum absolute atomic E-state index is 0.258. The van der Waals surface area contributed by atoms with Gasteiger partial charge in [-0.1, -0.05) is 12.1 Å². The first-order chi connectivity index (χ1) is 9.68. The molecule has 0 amide bonds.